The number of Topliss-reactive ketones (excluding diaryl/α,β-unsaturated/α-hetero) is 1. The second-order valence-corrected chi connectivity index (χ2v) is 11.6. The molecule has 4 aromatic rings. The standard InChI is InChI=1S/C30H38N8O2S.CH4/c1-6-36(7-2)20(3)10-11-26(39)21-15-25(33-28(16-21)37-18-22(19-37)32-30(40)35(4)5)23-17-31-38-13-12-24(34-29(23)38)27-9-8-14-41-27;/h8-9,12-17,20,22H,6-7,10-11,18-19H2,1-5H3,(H,32,40);1H4/t20-;/m0./s1. The summed E-state index contributed by atoms with van der Waals surface area (Å²) in [5, 5.41) is 9.57. The van der Waals surface area contributed by atoms with Gasteiger partial charge in [-0.1, -0.05) is 27.3 Å². The normalized spacial score (nSPS) is 14.0. The highest BCUT2D eigenvalue weighted by Crippen LogP contribution is 2.30. The molecule has 0 aromatic carbocycles. The van der Waals surface area contributed by atoms with Crippen LogP contribution in [-0.4, -0.2) is 93.6 Å². The van der Waals surface area contributed by atoms with Gasteiger partial charge >= 0.3 is 6.03 Å². The summed E-state index contributed by atoms with van der Waals surface area (Å²) in [5.74, 6) is 0.808. The Hall–Kier alpha value is -3.83. The molecule has 1 aliphatic rings. The van der Waals surface area contributed by atoms with Crippen molar-refractivity contribution in [1.82, 2.24) is 34.7 Å². The number of aromatic nitrogens is 4. The van der Waals surface area contributed by atoms with Gasteiger partial charge in [0, 0.05) is 51.4 Å². The van der Waals surface area contributed by atoms with Crippen LogP contribution in [-0.2, 0) is 0 Å². The number of carbonyl (C=O) groups is 2. The van der Waals surface area contributed by atoms with E-state index in [1.54, 1.807) is 36.1 Å². The molecule has 2 amide bonds. The van der Waals surface area contributed by atoms with Crippen LogP contribution in [0.2, 0.25) is 0 Å². The van der Waals surface area contributed by atoms with Crippen molar-refractivity contribution < 1.29 is 9.59 Å². The van der Waals surface area contributed by atoms with Gasteiger partial charge in [0.2, 0.25) is 0 Å². The van der Waals surface area contributed by atoms with Crippen molar-refractivity contribution in [3.63, 3.8) is 0 Å². The van der Waals surface area contributed by atoms with Gasteiger partial charge in [0.1, 0.15) is 5.82 Å². The zero-order valence-corrected chi connectivity index (χ0v) is 25.2. The number of nitrogens with one attached hydrogen (secondary N) is 1. The Kier molecular flexibility index (Phi) is 9.95. The zero-order chi connectivity index (χ0) is 29.1. The average Bonchev–Trinajstić information content (AvgIpc) is 3.64. The maximum atomic E-state index is 13.5. The molecule has 1 aliphatic heterocycles. The Bertz CT molecular complexity index is 1510. The molecule has 10 nitrogen and oxygen atoms in total. The van der Waals surface area contributed by atoms with Crippen LogP contribution in [0.4, 0.5) is 10.6 Å². The van der Waals surface area contributed by atoms with E-state index in [0.717, 1.165) is 35.6 Å². The smallest absolute Gasteiger partial charge is 0.317 e. The number of thiophene rings is 1. The Morgan fingerprint density at radius 2 is 1.88 bits per heavy atom. The number of pyridine rings is 1. The minimum atomic E-state index is -0.117. The third-order valence-corrected chi connectivity index (χ3v) is 8.61. The molecule has 5 rings (SSSR count). The number of nitrogens with zero attached hydrogens (tertiary/aromatic N) is 7. The molecule has 1 fully saturated rings. The quantitative estimate of drug-likeness (QED) is 0.237. The van der Waals surface area contributed by atoms with E-state index in [4.69, 9.17) is 9.97 Å². The third kappa shape index (κ3) is 6.63. The number of fused-ring (bicyclic) bond motifs is 1. The summed E-state index contributed by atoms with van der Waals surface area (Å²) in [6, 6.07) is 9.99. The Labute approximate surface area is 252 Å². The number of hydrogen-bond acceptors (Lipinski definition) is 8. The number of carbonyl (C=O) groups excluding carboxylic acids is 2. The maximum Gasteiger partial charge on any atom is 0.317 e. The highest BCUT2D eigenvalue weighted by molar-refractivity contribution is 7.13. The topological polar surface area (TPSA) is 99.0 Å². The van der Waals surface area contributed by atoms with E-state index in [0.29, 0.717) is 48.3 Å². The van der Waals surface area contributed by atoms with Crippen LogP contribution in [0.5, 0.6) is 0 Å². The van der Waals surface area contributed by atoms with E-state index in [2.05, 4.69) is 41.0 Å². The maximum absolute atomic E-state index is 13.5. The highest BCUT2D eigenvalue weighted by atomic mass is 32.1. The molecule has 0 aliphatic carbocycles. The van der Waals surface area contributed by atoms with Crippen molar-refractivity contribution >= 4 is 34.6 Å². The molecule has 42 heavy (non-hydrogen) atoms. The largest absolute Gasteiger partial charge is 0.352 e. The first-order chi connectivity index (χ1) is 19.8. The number of amides is 2. The molecule has 0 saturated carbocycles. The van der Waals surface area contributed by atoms with Crippen molar-refractivity contribution in [1.29, 1.82) is 0 Å². The summed E-state index contributed by atoms with van der Waals surface area (Å²) >= 11 is 1.64. The molecule has 11 heteroatoms. The van der Waals surface area contributed by atoms with Crippen LogP contribution < -0.4 is 10.2 Å². The molecule has 4 aromatic heterocycles. The fourth-order valence-corrected chi connectivity index (χ4v) is 5.86. The van der Waals surface area contributed by atoms with Crippen LogP contribution in [0.3, 0.4) is 0 Å². The number of rotatable bonds is 11. The van der Waals surface area contributed by atoms with E-state index in [-0.39, 0.29) is 25.3 Å². The van der Waals surface area contributed by atoms with Gasteiger partial charge in [-0.05, 0) is 56.1 Å². The summed E-state index contributed by atoms with van der Waals surface area (Å²) in [5.41, 5.74) is 3.62. The van der Waals surface area contributed by atoms with Crippen LogP contribution >= 0.6 is 11.3 Å². The third-order valence-electron chi connectivity index (χ3n) is 7.72. The highest BCUT2D eigenvalue weighted by Gasteiger charge is 2.30. The number of urea groups is 1. The summed E-state index contributed by atoms with van der Waals surface area (Å²) < 4.78 is 1.74. The van der Waals surface area contributed by atoms with E-state index in [1.165, 1.54) is 4.90 Å². The molecular formula is C31H42N8O2S. The molecule has 1 saturated heterocycles. The van der Waals surface area contributed by atoms with Crippen molar-refractivity contribution in [3.05, 3.63) is 53.7 Å². The van der Waals surface area contributed by atoms with Crippen LogP contribution in [0.25, 0.3) is 27.5 Å². The van der Waals surface area contributed by atoms with Gasteiger partial charge in [-0.2, -0.15) is 5.10 Å². The van der Waals surface area contributed by atoms with Crippen molar-refractivity contribution in [2.75, 3.05) is 45.2 Å². The molecule has 1 atom stereocenters. The van der Waals surface area contributed by atoms with Gasteiger partial charge in [0.25, 0.3) is 0 Å². The first-order valence-corrected chi connectivity index (χ1v) is 15.1. The molecule has 224 valence electrons. The Morgan fingerprint density at radius 1 is 1.12 bits per heavy atom. The molecule has 0 radical (unpaired) electrons. The first-order valence-electron chi connectivity index (χ1n) is 14.2. The number of hydrogen-bond donors (Lipinski definition) is 1. The summed E-state index contributed by atoms with van der Waals surface area (Å²) in [4.78, 5) is 42.6. The van der Waals surface area contributed by atoms with Gasteiger partial charge in [0.05, 0.1) is 34.1 Å². The summed E-state index contributed by atoms with van der Waals surface area (Å²) in [6.07, 6.45) is 4.91. The molecular weight excluding hydrogens is 548 g/mol. The van der Waals surface area contributed by atoms with Crippen LogP contribution in [0, 0.1) is 0 Å². The van der Waals surface area contributed by atoms with E-state index >= 15 is 0 Å². The van der Waals surface area contributed by atoms with E-state index in [1.807, 2.05) is 41.9 Å². The van der Waals surface area contributed by atoms with Crippen molar-refractivity contribution in [2.24, 2.45) is 0 Å². The number of anilines is 1. The lowest BCUT2D eigenvalue weighted by Crippen LogP contribution is -2.61. The molecule has 0 bridgehead atoms. The van der Waals surface area contributed by atoms with Crippen molar-refractivity contribution in [3.8, 4) is 21.8 Å². The lowest BCUT2D eigenvalue weighted by molar-refractivity contribution is 0.0964. The second kappa shape index (κ2) is 13.4. The van der Waals surface area contributed by atoms with Crippen molar-refractivity contribution in [2.45, 2.75) is 53.1 Å². The fourth-order valence-electron chi connectivity index (χ4n) is 5.16. The minimum absolute atomic E-state index is 0. The molecule has 1 N–H and O–H groups in total. The Morgan fingerprint density at radius 3 is 2.55 bits per heavy atom. The summed E-state index contributed by atoms with van der Waals surface area (Å²) in [7, 11) is 3.45. The monoisotopic (exact) mass is 590 g/mol. The van der Waals surface area contributed by atoms with Gasteiger partial charge < -0.3 is 20.0 Å². The SMILES string of the molecule is C.CCN(CC)[C@@H](C)CCC(=O)c1cc(-c2cnn3ccc(-c4cccs4)nc23)nc(N2CC(NC(=O)N(C)C)C2)c1. The first kappa shape index (κ1) is 31.1. The minimum Gasteiger partial charge on any atom is -0.352 e. The van der Waals surface area contributed by atoms with Crippen LogP contribution in [0.1, 0.15) is 51.4 Å². The molecule has 5 heterocycles. The van der Waals surface area contributed by atoms with Gasteiger partial charge in [0.15, 0.2) is 11.4 Å². The van der Waals surface area contributed by atoms with E-state index < -0.39 is 0 Å². The van der Waals surface area contributed by atoms with E-state index in [9.17, 15) is 9.59 Å². The average molecular weight is 591 g/mol. The number of ketones is 1. The van der Waals surface area contributed by atoms with Crippen LogP contribution in [0.15, 0.2) is 48.1 Å². The predicted octanol–water partition coefficient (Wildman–Crippen LogP) is 5.31. The lowest BCUT2D eigenvalue weighted by Gasteiger charge is -2.41. The Balaban J connectivity index is 0.00000405. The molecule has 0 unspecified atom stereocenters. The van der Waals surface area contributed by atoms with Gasteiger partial charge in [-0.25, -0.2) is 19.3 Å². The second-order valence-electron chi connectivity index (χ2n) is 10.7. The fraction of sp³-hybridized carbons (Fsp3) is 0.452. The zero-order valence-electron chi connectivity index (χ0n) is 24.4. The predicted molar refractivity (Wildman–Crippen MR) is 170 cm³/mol. The van der Waals surface area contributed by atoms with Gasteiger partial charge in [-0.3, -0.25) is 4.79 Å². The summed E-state index contributed by atoms with van der Waals surface area (Å²) in [6.45, 7) is 9.66. The lowest BCUT2D eigenvalue weighted by atomic mass is 10.0. The van der Waals surface area contributed by atoms with Gasteiger partial charge in [-0.15, -0.1) is 11.3 Å². The molecule has 0 spiro atoms.